The molecular weight excluding hydrogens is 259 g/mol. The molecule has 0 unspecified atom stereocenters. The van der Waals surface area contributed by atoms with Crippen LogP contribution >= 0.6 is 23.1 Å². The first-order valence-electron chi connectivity index (χ1n) is 4.59. The molecule has 0 aliphatic heterocycles. The zero-order valence-electron chi connectivity index (χ0n) is 8.55. The van der Waals surface area contributed by atoms with Gasteiger partial charge < -0.3 is 5.73 Å². The highest BCUT2D eigenvalue weighted by Gasteiger charge is 2.07. The minimum Gasteiger partial charge on any atom is -0.374 e. The maximum atomic E-state index is 13.0. The molecule has 4 nitrogen and oxygen atoms in total. The Morgan fingerprint density at radius 1 is 1.47 bits per heavy atom. The first-order chi connectivity index (χ1) is 8.19. The predicted octanol–water partition coefficient (Wildman–Crippen LogP) is 2.42. The molecule has 0 amide bonds. The van der Waals surface area contributed by atoms with Gasteiger partial charge in [-0.05, 0) is 23.8 Å². The van der Waals surface area contributed by atoms with Crippen molar-refractivity contribution in [2.75, 3.05) is 5.73 Å². The lowest BCUT2D eigenvalue weighted by molar-refractivity contribution is 0.626. The Labute approximate surface area is 105 Å². The quantitative estimate of drug-likeness (QED) is 0.863. The van der Waals surface area contributed by atoms with Crippen molar-refractivity contribution in [3.05, 3.63) is 35.1 Å². The fourth-order valence-corrected chi connectivity index (χ4v) is 2.84. The van der Waals surface area contributed by atoms with Crippen molar-refractivity contribution in [1.29, 1.82) is 5.26 Å². The van der Waals surface area contributed by atoms with Crippen LogP contribution in [-0.4, -0.2) is 10.2 Å². The highest BCUT2D eigenvalue weighted by Crippen LogP contribution is 2.28. The molecule has 1 aromatic heterocycles. The predicted molar refractivity (Wildman–Crippen MR) is 65.0 cm³/mol. The van der Waals surface area contributed by atoms with E-state index in [0.717, 1.165) is 0 Å². The molecule has 0 atom stereocenters. The number of halogens is 1. The minimum atomic E-state index is -0.351. The Morgan fingerprint density at radius 2 is 2.29 bits per heavy atom. The standard InChI is InChI=1S/C10H7FN4S2/c11-8-2-1-6(4-12)7(3-8)5-16-10-15-14-9(13)17-10/h1-3H,5H2,(H2,13,14). The average molecular weight is 266 g/mol. The molecule has 2 N–H and O–H groups in total. The number of nitrogens with zero attached hydrogens (tertiary/aromatic N) is 3. The summed E-state index contributed by atoms with van der Waals surface area (Å²) in [7, 11) is 0. The Hall–Kier alpha value is -1.65. The van der Waals surface area contributed by atoms with E-state index in [1.165, 1.54) is 41.3 Å². The molecular formula is C10H7FN4S2. The third kappa shape index (κ3) is 2.93. The molecule has 0 bridgehead atoms. The second-order valence-electron chi connectivity index (χ2n) is 3.11. The van der Waals surface area contributed by atoms with Crippen LogP contribution in [0.2, 0.25) is 0 Å². The van der Waals surface area contributed by atoms with E-state index in [-0.39, 0.29) is 5.82 Å². The van der Waals surface area contributed by atoms with Gasteiger partial charge in [-0.3, -0.25) is 0 Å². The van der Waals surface area contributed by atoms with E-state index in [4.69, 9.17) is 11.0 Å². The van der Waals surface area contributed by atoms with Crippen molar-refractivity contribution in [2.45, 2.75) is 10.1 Å². The normalized spacial score (nSPS) is 10.1. The number of hydrogen-bond donors (Lipinski definition) is 1. The summed E-state index contributed by atoms with van der Waals surface area (Å²) in [5.41, 5.74) is 6.56. The summed E-state index contributed by atoms with van der Waals surface area (Å²) in [5.74, 6) is 0.117. The molecule has 2 aromatic rings. The smallest absolute Gasteiger partial charge is 0.203 e. The highest BCUT2D eigenvalue weighted by molar-refractivity contribution is 8.00. The summed E-state index contributed by atoms with van der Waals surface area (Å²) >= 11 is 2.65. The third-order valence-corrected chi connectivity index (χ3v) is 3.90. The summed E-state index contributed by atoms with van der Waals surface area (Å²) in [5, 5.41) is 16.8. The number of hydrogen-bond acceptors (Lipinski definition) is 6. The van der Waals surface area contributed by atoms with E-state index in [1.54, 1.807) is 0 Å². The number of nitriles is 1. The molecule has 0 radical (unpaired) electrons. The molecule has 0 fully saturated rings. The second-order valence-corrected chi connectivity index (χ2v) is 5.34. The van der Waals surface area contributed by atoms with Crippen molar-refractivity contribution in [3.63, 3.8) is 0 Å². The van der Waals surface area contributed by atoms with Gasteiger partial charge in [0.05, 0.1) is 11.6 Å². The van der Waals surface area contributed by atoms with E-state index in [1.807, 2.05) is 6.07 Å². The Kier molecular flexibility index (Phi) is 3.56. The van der Waals surface area contributed by atoms with Gasteiger partial charge in [0.1, 0.15) is 5.82 Å². The molecule has 0 spiro atoms. The van der Waals surface area contributed by atoms with E-state index >= 15 is 0 Å². The summed E-state index contributed by atoms with van der Waals surface area (Å²) in [6.07, 6.45) is 0. The molecule has 1 aromatic carbocycles. The number of nitrogens with two attached hydrogens (primary N) is 1. The van der Waals surface area contributed by atoms with Crippen molar-refractivity contribution in [1.82, 2.24) is 10.2 Å². The first kappa shape index (κ1) is 11.8. The Bertz CT molecular complexity index is 576. The van der Waals surface area contributed by atoms with Gasteiger partial charge in [0.2, 0.25) is 5.13 Å². The van der Waals surface area contributed by atoms with Gasteiger partial charge in [-0.2, -0.15) is 5.26 Å². The maximum absolute atomic E-state index is 13.0. The molecule has 1 heterocycles. The molecule has 7 heteroatoms. The SMILES string of the molecule is N#Cc1ccc(F)cc1CSc1nnc(N)s1. The third-order valence-electron chi connectivity index (χ3n) is 1.96. The summed E-state index contributed by atoms with van der Waals surface area (Å²) < 4.78 is 13.8. The number of nitrogen functional groups attached to an aromatic ring is 1. The van der Waals surface area contributed by atoms with E-state index in [0.29, 0.717) is 26.4 Å². The van der Waals surface area contributed by atoms with Gasteiger partial charge in [0.15, 0.2) is 4.34 Å². The number of anilines is 1. The van der Waals surface area contributed by atoms with Gasteiger partial charge in [-0.25, -0.2) is 4.39 Å². The van der Waals surface area contributed by atoms with Crippen LogP contribution < -0.4 is 5.73 Å². The minimum absolute atomic E-state index is 0.351. The number of aromatic nitrogens is 2. The lowest BCUT2D eigenvalue weighted by Crippen LogP contribution is -1.89. The van der Waals surface area contributed by atoms with Crippen molar-refractivity contribution < 1.29 is 4.39 Å². The number of thioether (sulfide) groups is 1. The van der Waals surface area contributed by atoms with Crippen molar-refractivity contribution in [3.8, 4) is 6.07 Å². The van der Waals surface area contributed by atoms with Crippen LogP contribution in [0.15, 0.2) is 22.5 Å². The summed E-state index contributed by atoms with van der Waals surface area (Å²) in [6.45, 7) is 0. The van der Waals surface area contributed by atoms with E-state index in [2.05, 4.69) is 10.2 Å². The molecule has 86 valence electrons. The second kappa shape index (κ2) is 5.12. The summed E-state index contributed by atoms with van der Waals surface area (Å²) in [6, 6.07) is 6.13. The molecule has 17 heavy (non-hydrogen) atoms. The van der Waals surface area contributed by atoms with Crippen molar-refractivity contribution in [2.24, 2.45) is 0 Å². The number of rotatable bonds is 3. The molecule has 0 aliphatic rings. The van der Waals surface area contributed by atoms with Crippen LogP contribution in [0, 0.1) is 17.1 Å². The Balaban J connectivity index is 2.13. The van der Waals surface area contributed by atoms with Crippen LogP contribution in [0.1, 0.15) is 11.1 Å². The van der Waals surface area contributed by atoms with Crippen LogP contribution in [0.5, 0.6) is 0 Å². The van der Waals surface area contributed by atoms with E-state index < -0.39 is 0 Å². The van der Waals surface area contributed by atoms with Gasteiger partial charge >= 0.3 is 0 Å². The van der Waals surface area contributed by atoms with Crippen LogP contribution in [-0.2, 0) is 5.75 Å². The Morgan fingerprint density at radius 3 is 2.94 bits per heavy atom. The number of benzene rings is 1. The largest absolute Gasteiger partial charge is 0.374 e. The lowest BCUT2D eigenvalue weighted by Gasteiger charge is -2.01. The van der Waals surface area contributed by atoms with Crippen LogP contribution in [0.25, 0.3) is 0 Å². The zero-order valence-corrected chi connectivity index (χ0v) is 10.2. The van der Waals surface area contributed by atoms with Gasteiger partial charge in [-0.15, -0.1) is 10.2 Å². The fourth-order valence-electron chi connectivity index (χ4n) is 1.21. The van der Waals surface area contributed by atoms with Gasteiger partial charge in [0.25, 0.3) is 0 Å². The van der Waals surface area contributed by atoms with Crippen LogP contribution in [0.3, 0.4) is 0 Å². The monoisotopic (exact) mass is 266 g/mol. The van der Waals surface area contributed by atoms with Gasteiger partial charge in [0, 0.05) is 5.75 Å². The molecule has 0 saturated carbocycles. The lowest BCUT2D eigenvalue weighted by atomic mass is 10.1. The average Bonchev–Trinajstić information content (AvgIpc) is 2.73. The summed E-state index contributed by atoms with van der Waals surface area (Å²) in [4.78, 5) is 0. The fraction of sp³-hybridized carbons (Fsp3) is 0.100. The highest BCUT2D eigenvalue weighted by atomic mass is 32.2. The molecule has 2 rings (SSSR count). The first-order valence-corrected chi connectivity index (χ1v) is 6.39. The topological polar surface area (TPSA) is 75.6 Å². The molecule has 0 aliphatic carbocycles. The molecule has 0 saturated heterocycles. The van der Waals surface area contributed by atoms with E-state index in [9.17, 15) is 4.39 Å². The zero-order chi connectivity index (χ0) is 12.3. The van der Waals surface area contributed by atoms with Crippen LogP contribution in [0.4, 0.5) is 9.52 Å². The van der Waals surface area contributed by atoms with Gasteiger partial charge in [-0.1, -0.05) is 23.1 Å². The van der Waals surface area contributed by atoms with Crippen molar-refractivity contribution >= 4 is 28.2 Å². The maximum Gasteiger partial charge on any atom is 0.203 e.